The molecule has 0 amide bonds. The fourth-order valence-electron chi connectivity index (χ4n) is 5.49. The average Bonchev–Trinajstić information content (AvgIpc) is 3.46. The topological polar surface area (TPSA) is 130 Å². The summed E-state index contributed by atoms with van der Waals surface area (Å²) in [6.45, 7) is 9.48. The van der Waals surface area contributed by atoms with Gasteiger partial charge in [0, 0.05) is 56.3 Å². The molecule has 0 atom stereocenters. The summed E-state index contributed by atoms with van der Waals surface area (Å²) in [6, 6.07) is 6.39. The van der Waals surface area contributed by atoms with Gasteiger partial charge < -0.3 is 15.7 Å². The quantitative estimate of drug-likeness (QED) is 0.315. The lowest BCUT2D eigenvalue weighted by molar-refractivity contribution is 0.175. The van der Waals surface area contributed by atoms with Crippen LogP contribution in [0.15, 0.2) is 36.8 Å². The van der Waals surface area contributed by atoms with Crippen LogP contribution in [0.3, 0.4) is 0 Å². The van der Waals surface area contributed by atoms with Gasteiger partial charge in [0.1, 0.15) is 0 Å². The largest absolute Gasteiger partial charge is 0.396 e. The van der Waals surface area contributed by atoms with Crippen molar-refractivity contribution in [3.8, 4) is 16.9 Å². The van der Waals surface area contributed by atoms with E-state index in [0.717, 1.165) is 43.5 Å². The standard InChI is InChI=1S/C28H35ClN8O3S/c1-30-25-16-32-28(34-23-9-11-36(12-10-23)41(2,39)40)35-27(25)21-15-33-37(17-21)26-8-5-20(13-24(26)29)14-31-22-6-3-19(18-38)4-7-22/h5,8,13,15-17,19,22-23,31,38H,3-4,6-7,9-12,14,18H2,2H3,(H,32,34,35). The molecule has 2 aliphatic rings. The summed E-state index contributed by atoms with van der Waals surface area (Å²) in [5, 5.41) is 21.3. The minimum absolute atomic E-state index is 0.0322. The Bertz CT molecular complexity index is 1510. The second-order valence-electron chi connectivity index (χ2n) is 10.9. The van der Waals surface area contributed by atoms with E-state index in [0.29, 0.717) is 65.8 Å². The predicted octanol–water partition coefficient (Wildman–Crippen LogP) is 4.01. The molecule has 0 spiro atoms. The number of nitrogens with zero attached hydrogens (tertiary/aromatic N) is 6. The second kappa shape index (κ2) is 12.8. The molecule has 11 nitrogen and oxygen atoms in total. The monoisotopic (exact) mass is 598 g/mol. The Kier molecular flexibility index (Phi) is 9.21. The van der Waals surface area contributed by atoms with E-state index in [2.05, 4.69) is 30.5 Å². The maximum Gasteiger partial charge on any atom is 0.231 e. The highest BCUT2D eigenvalue weighted by Gasteiger charge is 2.26. The summed E-state index contributed by atoms with van der Waals surface area (Å²) >= 11 is 6.67. The number of benzene rings is 1. The van der Waals surface area contributed by atoms with E-state index in [-0.39, 0.29) is 12.6 Å². The van der Waals surface area contributed by atoms with Gasteiger partial charge in [0.05, 0.1) is 35.4 Å². The minimum Gasteiger partial charge on any atom is -0.396 e. The molecule has 0 bridgehead atoms. The van der Waals surface area contributed by atoms with Crippen molar-refractivity contribution in [2.24, 2.45) is 5.92 Å². The van der Waals surface area contributed by atoms with Gasteiger partial charge in [-0.3, -0.25) is 0 Å². The fourth-order valence-corrected chi connectivity index (χ4v) is 6.65. The lowest BCUT2D eigenvalue weighted by Gasteiger charge is -2.30. The maximum absolute atomic E-state index is 11.8. The van der Waals surface area contributed by atoms with E-state index in [4.69, 9.17) is 18.2 Å². The van der Waals surface area contributed by atoms with Crippen LogP contribution in [-0.2, 0) is 16.6 Å². The first-order chi connectivity index (χ1) is 19.7. The predicted molar refractivity (Wildman–Crippen MR) is 159 cm³/mol. The highest BCUT2D eigenvalue weighted by Crippen LogP contribution is 2.31. The second-order valence-corrected chi connectivity index (χ2v) is 13.3. The van der Waals surface area contributed by atoms with Crippen molar-refractivity contribution in [1.82, 2.24) is 29.4 Å². The van der Waals surface area contributed by atoms with Gasteiger partial charge in [-0.1, -0.05) is 17.7 Å². The Hall–Kier alpha value is -3.08. The van der Waals surface area contributed by atoms with Crippen molar-refractivity contribution in [2.45, 2.75) is 57.2 Å². The van der Waals surface area contributed by atoms with Gasteiger partial charge in [-0.05, 0) is 62.1 Å². The summed E-state index contributed by atoms with van der Waals surface area (Å²) in [7, 11) is -3.20. The SMILES string of the molecule is [C-]#[N+]c1cnc(NC2CCN(S(C)(=O)=O)CC2)nc1-c1cnn(-c2ccc(CNC3CCC(CO)CC3)cc2Cl)c1. The van der Waals surface area contributed by atoms with Crippen molar-refractivity contribution in [3.63, 3.8) is 0 Å². The van der Waals surface area contributed by atoms with Crippen LogP contribution in [0.5, 0.6) is 0 Å². The zero-order valence-corrected chi connectivity index (χ0v) is 24.6. The van der Waals surface area contributed by atoms with E-state index < -0.39 is 10.0 Å². The molecule has 41 heavy (non-hydrogen) atoms. The third-order valence-electron chi connectivity index (χ3n) is 7.96. The van der Waals surface area contributed by atoms with Gasteiger partial charge in [0.15, 0.2) is 0 Å². The van der Waals surface area contributed by atoms with E-state index in [9.17, 15) is 13.5 Å². The van der Waals surface area contributed by atoms with Crippen molar-refractivity contribution in [3.05, 3.63) is 58.8 Å². The van der Waals surface area contributed by atoms with Crippen LogP contribution in [0.4, 0.5) is 11.6 Å². The molecule has 1 saturated heterocycles. The number of hydrogen-bond donors (Lipinski definition) is 3. The van der Waals surface area contributed by atoms with E-state index in [1.807, 2.05) is 18.2 Å². The molecule has 1 aliphatic carbocycles. The number of halogens is 1. The van der Waals surface area contributed by atoms with E-state index in [1.165, 1.54) is 16.8 Å². The summed E-state index contributed by atoms with van der Waals surface area (Å²) in [4.78, 5) is 12.5. The molecular formula is C28H35ClN8O3S. The van der Waals surface area contributed by atoms with Crippen molar-refractivity contribution >= 4 is 33.3 Å². The van der Waals surface area contributed by atoms with Gasteiger partial charge in [0.2, 0.25) is 21.7 Å². The third-order valence-corrected chi connectivity index (χ3v) is 9.57. The Morgan fingerprint density at radius 1 is 1.12 bits per heavy atom. The average molecular weight is 599 g/mol. The number of anilines is 1. The summed E-state index contributed by atoms with van der Waals surface area (Å²) < 4.78 is 26.8. The van der Waals surface area contributed by atoms with Crippen molar-refractivity contribution < 1.29 is 13.5 Å². The molecule has 2 aromatic heterocycles. The smallest absolute Gasteiger partial charge is 0.231 e. The Morgan fingerprint density at radius 3 is 2.54 bits per heavy atom. The Morgan fingerprint density at radius 2 is 1.88 bits per heavy atom. The highest BCUT2D eigenvalue weighted by atomic mass is 35.5. The number of aliphatic hydroxyl groups excluding tert-OH is 1. The van der Waals surface area contributed by atoms with Gasteiger partial charge in [-0.25, -0.2) is 32.2 Å². The van der Waals surface area contributed by atoms with Gasteiger partial charge in [0.25, 0.3) is 0 Å². The molecule has 1 saturated carbocycles. The van der Waals surface area contributed by atoms with Crippen LogP contribution in [0.1, 0.15) is 44.1 Å². The number of rotatable bonds is 9. The normalized spacial score (nSPS) is 20.5. The molecule has 1 aliphatic heterocycles. The summed E-state index contributed by atoms with van der Waals surface area (Å²) in [6.07, 6.45) is 11.7. The highest BCUT2D eigenvalue weighted by molar-refractivity contribution is 7.88. The zero-order valence-electron chi connectivity index (χ0n) is 23.0. The molecule has 218 valence electrons. The molecular weight excluding hydrogens is 564 g/mol. The summed E-state index contributed by atoms with van der Waals surface area (Å²) in [5.74, 6) is 0.821. The van der Waals surface area contributed by atoms with Crippen LogP contribution in [0, 0.1) is 12.5 Å². The maximum atomic E-state index is 11.8. The fraction of sp³-hybridized carbons (Fsp3) is 0.500. The third kappa shape index (κ3) is 7.23. The number of sulfonamides is 1. The summed E-state index contributed by atoms with van der Waals surface area (Å²) in [5.41, 5.74) is 3.24. The molecule has 3 heterocycles. The van der Waals surface area contributed by atoms with Crippen molar-refractivity contribution in [2.75, 3.05) is 31.3 Å². The number of aromatic nitrogens is 4. The number of hydrogen-bond acceptors (Lipinski definition) is 8. The molecule has 2 fully saturated rings. The first kappa shape index (κ1) is 29.4. The van der Waals surface area contributed by atoms with Crippen LogP contribution in [0.2, 0.25) is 5.02 Å². The first-order valence-corrected chi connectivity index (χ1v) is 16.1. The van der Waals surface area contributed by atoms with E-state index >= 15 is 0 Å². The van der Waals surface area contributed by atoms with Crippen LogP contribution >= 0.6 is 11.6 Å². The van der Waals surface area contributed by atoms with E-state index in [1.54, 1.807) is 17.1 Å². The number of piperidine rings is 1. The molecule has 0 radical (unpaired) electrons. The molecule has 3 N–H and O–H groups in total. The van der Waals surface area contributed by atoms with Gasteiger partial charge in [-0.15, -0.1) is 0 Å². The van der Waals surface area contributed by atoms with Crippen LogP contribution in [-0.4, -0.2) is 75.6 Å². The van der Waals surface area contributed by atoms with Gasteiger partial charge in [-0.2, -0.15) is 5.10 Å². The van der Waals surface area contributed by atoms with Crippen molar-refractivity contribution in [1.29, 1.82) is 0 Å². The molecule has 13 heteroatoms. The zero-order chi connectivity index (χ0) is 29.0. The Balaban J connectivity index is 1.25. The van der Waals surface area contributed by atoms with Gasteiger partial charge >= 0.3 is 0 Å². The van der Waals surface area contributed by atoms with Crippen LogP contribution in [0.25, 0.3) is 21.8 Å². The molecule has 1 aromatic carbocycles. The van der Waals surface area contributed by atoms with Crippen LogP contribution < -0.4 is 10.6 Å². The Labute approximate surface area is 245 Å². The molecule has 3 aromatic rings. The minimum atomic E-state index is -3.20. The number of nitrogens with one attached hydrogen (secondary N) is 2. The lowest BCUT2D eigenvalue weighted by Crippen LogP contribution is -2.42. The first-order valence-electron chi connectivity index (χ1n) is 13.9. The molecule has 0 unspecified atom stereocenters. The molecule has 5 rings (SSSR count). The number of aliphatic hydroxyl groups is 1. The lowest BCUT2D eigenvalue weighted by atomic mass is 9.86.